The predicted molar refractivity (Wildman–Crippen MR) is 121 cm³/mol. The highest BCUT2D eigenvalue weighted by atomic mass is 16.7. The zero-order valence-corrected chi connectivity index (χ0v) is 17.9. The lowest BCUT2D eigenvalue weighted by Crippen LogP contribution is -2.48. The van der Waals surface area contributed by atoms with E-state index in [0.29, 0.717) is 13.3 Å². The molecule has 164 valence electrons. The van der Waals surface area contributed by atoms with Gasteiger partial charge in [0, 0.05) is 45.8 Å². The number of para-hydroxylation sites is 2. The Morgan fingerprint density at radius 3 is 2.45 bits per heavy atom. The van der Waals surface area contributed by atoms with E-state index >= 15 is 0 Å². The normalized spacial score (nSPS) is 19.0. The molecule has 2 aromatic carbocycles. The molecule has 7 heteroatoms. The molecule has 0 spiro atoms. The lowest BCUT2D eigenvalue weighted by atomic mass is 10.1. The van der Waals surface area contributed by atoms with Crippen molar-refractivity contribution in [3.05, 3.63) is 48.0 Å². The summed E-state index contributed by atoms with van der Waals surface area (Å²) in [7, 11) is 0. The van der Waals surface area contributed by atoms with Gasteiger partial charge in [0.25, 0.3) is 0 Å². The van der Waals surface area contributed by atoms with Crippen LogP contribution in [0, 0.1) is 0 Å². The van der Waals surface area contributed by atoms with Gasteiger partial charge >= 0.3 is 0 Å². The van der Waals surface area contributed by atoms with E-state index in [1.807, 2.05) is 24.3 Å². The van der Waals surface area contributed by atoms with Crippen LogP contribution in [0.15, 0.2) is 42.5 Å². The highest BCUT2D eigenvalue weighted by molar-refractivity contribution is 5.95. The Labute approximate surface area is 183 Å². The highest BCUT2D eigenvalue weighted by Gasteiger charge is 2.22. The average Bonchev–Trinajstić information content (AvgIpc) is 3.47. The molecule has 7 nitrogen and oxygen atoms in total. The molecule has 0 aromatic heterocycles. The molecule has 2 fully saturated rings. The maximum absolute atomic E-state index is 12.7. The maximum atomic E-state index is 12.7. The number of hydrogen-bond donors (Lipinski definition) is 1. The van der Waals surface area contributed by atoms with E-state index < -0.39 is 0 Å². The standard InChI is InChI=1S/C24H30N4O3/c29-24(25-20-5-1-2-6-21(20)28-9-3-4-10-28)17-27-13-11-26(12-14-27)16-19-7-8-22-23(15-19)31-18-30-22/h1-2,5-8,15H,3-4,9-14,16-18H2,(H,25,29). The third-order valence-electron chi connectivity index (χ3n) is 6.30. The lowest BCUT2D eigenvalue weighted by molar-refractivity contribution is -0.117. The Bertz CT molecular complexity index is 921. The first-order valence-corrected chi connectivity index (χ1v) is 11.2. The number of nitrogens with zero attached hydrogens (tertiary/aromatic N) is 3. The van der Waals surface area contributed by atoms with Gasteiger partial charge in [0.1, 0.15) is 0 Å². The Hall–Kier alpha value is -2.77. The molecule has 0 saturated carbocycles. The SMILES string of the molecule is O=C(CN1CCN(Cc2ccc3c(c2)OCO3)CC1)Nc1ccccc1N1CCCC1. The Kier molecular flexibility index (Phi) is 5.95. The highest BCUT2D eigenvalue weighted by Crippen LogP contribution is 2.33. The van der Waals surface area contributed by atoms with Crippen molar-refractivity contribution >= 4 is 17.3 Å². The van der Waals surface area contributed by atoms with E-state index in [9.17, 15) is 4.79 Å². The monoisotopic (exact) mass is 422 g/mol. The molecular weight excluding hydrogens is 392 g/mol. The molecule has 0 radical (unpaired) electrons. The summed E-state index contributed by atoms with van der Waals surface area (Å²) in [6, 6.07) is 14.3. The van der Waals surface area contributed by atoms with Gasteiger partial charge in [-0.1, -0.05) is 18.2 Å². The summed E-state index contributed by atoms with van der Waals surface area (Å²) in [6.07, 6.45) is 2.44. The molecule has 0 aliphatic carbocycles. The lowest BCUT2D eigenvalue weighted by Gasteiger charge is -2.34. The molecule has 2 saturated heterocycles. The zero-order chi connectivity index (χ0) is 21.0. The van der Waals surface area contributed by atoms with Crippen molar-refractivity contribution < 1.29 is 14.3 Å². The number of anilines is 2. The zero-order valence-electron chi connectivity index (χ0n) is 17.9. The molecular formula is C24H30N4O3. The van der Waals surface area contributed by atoms with Crippen LogP contribution in [0.25, 0.3) is 0 Å². The molecule has 0 atom stereocenters. The molecule has 3 heterocycles. The molecule has 0 unspecified atom stereocenters. The topological polar surface area (TPSA) is 57.3 Å². The van der Waals surface area contributed by atoms with Gasteiger partial charge in [0.2, 0.25) is 12.7 Å². The summed E-state index contributed by atoms with van der Waals surface area (Å²) in [5, 5.41) is 3.15. The van der Waals surface area contributed by atoms with Crippen LogP contribution < -0.4 is 19.7 Å². The van der Waals surface area contributed by atoms with Crippen molar-refractivity contribution in [3.8, 4) is 11.5 Å². The molecule has 5 rings (SSSR count). The fraction of sp³-hybridized carbons (Fsp3) is 0.458. The van der Waals surface area contributed by atoms with E-state index in [2.05, 4.69) is 38.2 Å². The van der Waals surface area contributed by atoms with Crippen LogP contribution in [0.2, 0.25) is 0 Å². The molecule has 3 aliphatic heterocycles. The van der Waals surface area contributed by atoms with Crippen molar-refractivity contribution in [1.82, 2.24) is 9.80 Å². The molecule has 31 heavy (non-hydrogen) atoms. The second-order valence-corrected chi connectivity index (χ2v) is 8.50. The molecule has 3 aliphatic rings. The molecule has 0 bridgehead atoms. The minimum absolute atomic E-state index is 0.0656. The van der Waals surface area contributed by atoms with Gasteiger partial charge in [-0.05, 0) is 42.7 Å². The number of carbonyl (C=O) groups is 1. The van der Waals surface area contributed by atoms with Crippen molar-refractivity contribution in [2.75, 3.05) is 62.8 Å². The number of fused-ring (bicyclic) bond motifs is 1. The molecule has 1 N–H and O–H groups in total. The first-order chi connectivity index (χ1) is 15.2. The van der Waals surface area contributed by atoms with Gasteiger partial charge in [0.05, 0.1) is 17.9 Å². The second kappa shape index (κ2) is 9.16. The number of amides is 1. The van der Waals surface area contributed by atoms with Crippen molar-refractivity contribution in [2.24, 2.45) is 0 Å². The minimum Gasteiger partial charge on any atom is -0.454 e. The Morgan fingerprint density at radius 2 is 1.61 bits per heavy atom. The van der Waals surface area contributed by atoms with Gasteiger partial charge in [0.15, 0.2) is 11.5 Å². The summed E-state index contributed by atoms with van der Waals surface area (Å²) in [6.45, 7) is 7.46. The predicted octanol–water partition coefficient (Wildman–Crippen LogP) is 2.77. The fourth-order valence-corrected chi connectivity index (χ4v) is 4.61. The van der Waals surface area contributed by atoms with E-state index in [0.717, 1.165) is 68.7 Å². The molecule has 1 amide bonds. The first kappa shape index (κ1) is 20.2. The fourth-order valence-electron chi connectivity index (χ4n) is 4.61. The second-order valence-electron chi connectivity index (χ2n) is 8.50. The van der Waals surface area contributed by atoms with Crippen LogP contribution >= 0.6 is 0 Å². The third kappa shape index (κ3) is 4.78. The Balaban J connectivity index is 1.10. The van der Waals surface area contributed by atoms with Crippen LogP contribution in [0.3, 0.4) is 0 Å². The van der Waals surface area contributed by atoms with Gasteiger partial charge in [-0.2, -0.15) is 0 Å². The number of nitrogens with one attached hydrogen (secondary N) is 1. The van der Waals surface area contributed by atoms with Crippen LogP contribution in [-0.4, -0.2) is 68.3 Å². The quantitative estimate of drug-likeness (QED) is 0.773. The number of benzene rings is 2. The number of hydrogen-bond acceptors (Lipinski definition) is 6. The van der Waals surface area contributed by atoms with Crippen LogP contribution in [0.1, 0.15) is 18.4 Å². The van der Waals surface area contributed by atoms with E-state index in [1.165, 1.54) is 18.4 Å². The minimum atomic E-state index is 0.0656. The van der Waals surface area contributed by atoms with E-state index in [4.69, 9.17) is 9.47 Å². The van der Waals surface area contributed by atoms with Crippen molar-refractivity contribution in [3.63, 3.8) is 0 Å². The number of rotatable bonds is 6. The number of ether oxygens (including phenoxy) is 2. The number of carbonyl (C=O) groups excluding carboxylic acids is 1. The van der Waals surface area contributed by atoms with Crippen molar-refractivity contribution in [2.45, 2.75) is 19.4 Å². The maximum Gasteiger partial charge on any atom is 0.238 e. The van der Waals surface area contributed by atoms with Gasteiger partial charge in [-0.15, -0.1) is 0 Å². The average molecular weight is 423 g/mol. The smallest absolute Gasteiger partial charge is 0.238 e. The number of piperazine rings is 1. The summed E-state index contributed by atoms with van der Waals surface area (Å²) in [5.41, 5.74) is 3.30. The Morgan fingerprint density at radius 1 is 0.871 bits per heavy atom. The summed E-state index contributed by atoms with van der Waals surface area (Å²) in [4.78, 5) is 19.7. The van der Waals surface area contributed by atoms with Crippen LogP contribution in [0.4, 0.5) is 11.4 Å². The summed E-state index contributed by atoms with van der Waals surface area (Å²) < 4.78 is 10.9. The van der Waals surface area contributed by atoms with Gasteiger partial charge in [-0.25, -0.2) is 0 Å². The molecule has 2 aromatic rings. The van der Waals surface area contributed by atoms with Crippen LogP contribution in [-0.2, 0) is 11.3 Å². The third-order valence-corrected chi connectivity index (χ3v) is 6.30. The van der Waals surface area contributed by atoms with E-state index in [1.54, 1.807) is 0 Å². The first-order valence-electron chi connectivity index (χ1n) is 11.2. The summed E-state index contributed by atoms with van der Waals surface area (Å²) in [5.74, 6) is 1.73. The largest absolute Gasteiger partial charge is 0.454 e. The van der Waals surface area contributed by atoms with Crippen LogP contribution in [0.5, 0.6) is 11.5 Å². The van der Waals surface area contributed by atoms with E-state index in [-0.39, 0.29) is 5.91 Å². The van der Waals surface area contributed by atoms with Crippen molar-refractivity contribution in [1.29, 1.82) is 0 Å². The van der Waals surface area contributed by atoms with Gasteiger partial charge < -0.3 is 19.7 Å². The van der Waals surface area contributed by atoms with Gasteiger partial charge in [-0.3, -0.25) is 14.6 Å². The summed E-state index contributed by atoms with van der Waals surface area (Å²) >= 11 is 0.